The second kappa shape index (κ2) is 13.4. The van der Waals surface area contributed by atoms with Gasteiger partial charge in [0, 0.05) is 12.8 Å². The molecule has 4 N–H and O–H groups in total. The number of nitrogens with two attached hydrogens (primary N) is 1. The summed E-state index contributed by atoms with van der Waals surface area (Å²) in [5, 5.41) is 19.0. The van der Waals surface area contributed by atoms with Gasteiger partial charge in [0.25, 0.3) is 0 Å². The van der Waals surface area contributed by atoms with E-state index in [1.807, 2.05) is 6.08 Å². The zero-order valence-corrected chi connectivity index (χ0v) is 21.0. The van der Waals surface area contributed by atoms with Gasteiger partial charge in [0.15, 0.2) is 0 Å². The van der Waals surface area contributed by atoms with E-state index in [2.05, 4.69) is 31.2 Å². The Bertz CT molecular complexity index is 728. The fraction of sp³-hybridized carbons (Fsp3) is 0.700. The van der Waals surface area contributed by atoms with Crippen LogP contribution in [0.4, 0.5) is 0 Å². The highest BCUT2D eigenvalue weighted by Crippen LogP contribution is 2.43. The zero-order valence-electron chi connectivity index (χ0n) is 21.0. The third kappa shape index (κ3) is 9.02. The summed E-state index contributed by atoms with van der Waals surface area (Å²) in [6.45, 7) is 2.99. The lowest BCUT2D eigenvalue weighted by atomic mass is 9.69. The molecule has 2 aliphatic carbocycles. The molecule has 0 amide bonds. The molecular weight excluding hydrogens is 404 g/mol. The Morgan fingerprint density at radius 3 is 2.15 bits per heavy atom. The summed E-state index contributed by atoms with van der Waals surface area (Å²) in [4.78, 5) is 0. The normalized spacial score (nSPS) is 21.5. The van der Waals surface area contributed by atoms with Gasteiger partial charge in [-0.15, -0.1) is 0 Å². The van der Waals surface area contributed by atoms with Crippen molar-refractivity contribution in [2.75, 3.05) is 0 Å². The summed E-state index contributed by atoms with van der Waals surface area (Å²) in [6.07, 6.45) is 22.2. The molecule has 0 radical (unpaired) electrons. The van der Waals surface area contributed by atoms with Crippen LogP contribution in [0, 0.1) is 22.7 Å². The van der Waals surface area contributed by atoms with Crippen LogP contribution in [0.5, 0.6) is 0 Å². The summed E-state index contributed by atoms with van der Waals surface area (Å²) < 4.78 is 0. The molecule has 0 bridgehead atoms. The molecule has 0 aliphatic heterocycles. The van der Waals surface area contributed by atoms with E-state index in [-0.39, 0.29) is 5.41 Å². The standard InChI is InChI=1S/C30H48N2O/c1-30(20-26-10-6-3-7-11-26,17-16-24-8-4-2-5-9-24)21-29(33)19-28(23-32)18-25-12-14-27(22-31)15-13-25/h12-15,19,23-24,26,29,32-33H,2-11,16-18,20-22,31H2,1H3/b28-19+,32-23?. The molecule has 3 heteroatoms. The van der Waals surface area contributed by atoms with Crippen LogP contribution >= 0.6 is 0 Å². The van der Waals surface area contributed by atoms with Crippen LogP contribution in [0.1, 0.15) is 108 Å². The molecule has 2 aliphatic rings. The van der Waals surface area contributed by atoms with E-state index < -0.39 is 6.10 Å². The molecular formula is C30H48N2O. The van der Waals surface area contributed by atoms with Crippen LogP contribution in [-0.4, -0.2) is 17.4 Å². The minimum absolute atomic E-state index is 0.186. The molecule has 0 aromatic heterocycles. The Morgan fingerprint density at radius 2 is 1.58 bits per heavy atom. The molecule has 0 heterocycles. The molecule has 33 heavy (non-hydrogen) atoms. The second-order valence-electron chi connectivity index (χ2n) is 11.4. The van der Waals surface area contributed by atoms with Gasteiger partial charge >= 0.3 is 0 Å². The zero-order chi connectivity index (χ0) is 23.5. The monoisotopic (exact) mass is 452 g/mol. The quantitative estimate of drug-likeness (QED) is 0.290. The maximum atomic E-state index is 11.1. The van der Waals surface area contributed by atoms with Gasteiger partial charge in [-0.1, -0.05) is 101 Å². The van der Waals surface area contributed by atoms with E-state index in [0.29, 0.717) is 13.0 Å². The summed E-state index contributed by atoms with van der Waals surface area (Å²) in [5.41, 5.74) is 9.08. The van der Waals surface area contributed by atoms with Crippen molar-refractivity contribution in [2.24, 2.45) is 23.0 Å². The third-order valence-corrected chi connectivity index (χ3v) is 8.35. The van der Waals surface area contributed by atoms with E-state index in [1.54, 1.807) is 0 Å². The van der Waals surface area contributed by atoms with Crippen LogP contribution < -0.4 is 5.73 Å². The molecule has 0 saturated heterocycles. The number of nitrogens with one attached hydrogen (secondary N) is 1. The highest BCUT2D eigenvalue weighted by Gasteiger charge is 2.32. The Balaban J connectivity index is 1.63. The predicted octanol–water partition coefficient (Wildman–Crippen LogP) is 7.35. The first-order chi connectivity index (χ1) is 16.0. The average Bonchev–Trinajstić information content (AvgIpc) is 2.84. The highest BCUT2D eigenvalue weighted by molar-refractivity contribution is 5.76. The van der Waals surface area contributed by atoms with E-state index in [4.69, 9.17) is 11.1 Å². The second-order valence-corrected chi connectivity index (χ2v) is 11.4. The first kappa shape index (κ1) is 26.2. The van der Waals surface area contributed by atoms with Crippen molar-refractivity contribution in [3.05, 3.63) is 47.0 Å². The Kier molecular flexibility index (Phi) is 10.7. The lowest BCUT2D eigenvalue weighted by molar-refractivity contribution is 0.0950. The highest BCUT2D eigenvalue weighted by atomic mass is 16.3. The molecule has 2 saturated carbocycles. The molecule has 1 aromatic carbocycles. The predicted molar refractivity (Wildman–Crippen MR) is 141 cm³/mol. The first-order valence-electron chi connectivity index (χ1n) is 13.7. The largest absolute Gasteiger partial charge is 0.389 e. The topological polar surface area (TPSA) is 70.1 Å². The molecule has 3 nitrogen and oxygen atoms in total. The maximum absolute atomic E-state index is 11.1. The van der Waals surface area contributed by atoms with Crippen molar-refractivity contribution in [1.29, 1.82) is 5.41 Å². The van der Waals surface area contributed by atoms with Crippen molar-refractivity contribution in [3.63, 3.8) is 0 Å². The number of hydrogen-bond donors (Lipinski definition) is 3. The smallest absolute Gasteiger partial charge is 0.0732 e. The molecule has 2 fully saturated rings. The lowest BCUT2D eigenvalue weighted by Crippen LogP contribution is -2.28. The van der Waals surface area contributed by atoms with Gasteiger partial charge in [-0.05, 0) is 66.1 Å². The van der Waals surface area contributed by atoms with Crippen LogP contribution in [0.15, 0.2) is 35.9 Å². The lowest BCUT2D eigenvalue weighted by Gasteiger charge is -2.37. The summed E-state index contributed by atoms with van der Waals surface area (Å²) in [6, 6.07) is 8.28. The first-order valence-corrected chi connectivity index (χ1v) is 13.7. The van der Waals surface area contributed by atoms with Gasteiger partial charge in [-0.25, -0.2) is 0 Å². The van der Waals surface area contributed by atoms with E-state index in [9.17, 15) is 5.11 Å². The van der Waals surface area contributed by atoms with Crippen LogP contribution in [-0.2, 0) is 13.0 Å². The van der Waals surface area contributed by atoms with E-state index >= 15 is 0 Å². The van der Waals surface area contributed by atoms with Gasteiger partial charge in [0.2, 0.25) is 0 Å². The minimum Gasteiger partial charge on any atom is -0.389 e. The number of hydrogen-bond acceptors (Lipinski definition) is 3. The summed E-state index contributed by atoms with van der Waals surface area (Å²) >= 11 is 0. The average molecular weight is 453 g/mol. The number of aliphatic hydroxyl groups excluding tert-OH is 1. The van der Waals surface area contributed by atoms with Crippen molar-refractivity contribution in [2.45, 2.75) is 116 Å². The van der Waals surface area contributed by atoms with Gasteiger partial charge in [-0.3, -0.25) is 0 Å². The van der Waals surface area contributed by atoms with Crippen molar-refractivity contribution in [1.82, 2.24) is 0 Å². The van der Waals surface area contributed by atoms with Gasteiger partial charge in [0.1, 0.15) is 0 Å². The number of rotatable bonds is 12. The van der Waals surface area contributed by atoms with Crippen molar-refractivity contribution >= 4 is 6.21 Å². The number of aliphatic hydroxyl groups is 1. The minimum atomic E-state index is -0.482. The van der Waals surface area contributed by atoms with Crippen LogP contribution in [0.25, 0.3) is 0 Å². The molecule has 1 aromatic rings. The molecule has 184 valence electrons. The Morgan fingerprint density at radius 1 is 1.00 bits per heavy atom. The van der Waals surface area contributed by atoms with Crippen molar-refractivity contribution in [3.8, 4) is 0 Å². The van der Waals surface area contributed by atoms with Crippen molar-refractivity contribution < 1.29 is 5.11 Å². The number of benzene rings is 1. The van der Waals surface area contributed by atoms with E-state index in [0.717, 1.165) is 35.0 Å². The molecule has 0 spiro atoms. The van der Waals surface area contributed by atoms with Gasteiger partial charge in [-0.2, -0.15) is 0 Å². The summed E-state index contributed by atoms with van der Waals surface area (Å²) in [5.74, 6) is 1.72. The third-order valence-electron chi connectivity index (χ3n) is 8.35. The Hall–Kier alpha value is -1.45. The molecule has 2 atom stereocenters. The SMILES string of the molecule is CC(CCC1CCCCC1)(CC(O)/C=C(/C=N)Cc1ccc(CN)cc1)CC1CCCCC1. The fourth-order valence-electron chi connectivity index (χ4n) is 6.40. The van der Waals surface area contributed by atoms with E-state index in [1.165, 1.54) is 89.7 Å². The molecule has 3 rings (SSSR count). The number of allylic oxidation sites excluding steroid dienone is 1. The summed E-state index contributed by atoms with van der Waals surface area (Å²) in [7, 11) is 0. The Labute approximate surface area is 202 Å². The van der Waals surface area contributed by atoms with Crippen LogP contribution in [0.2, 0.25) is 0 Å². The van der Waals surface area contributed by atoms with Gasteiger partial charge in [0.05, 0.1) is 6.10 Å². The van der Waals surface area contributed by atoms with Gasteiger partial charge < -0.3 is 16.2 Å². The maximum Gasteiger partial charge on any atom is 0.0732 e. The van der Waals surface area contributed by atoms with Crippen LogP contribution in [0.3, 0.4) is 0 Å². The molecule has 2 unspecified atom stereocenters. The fourth-order valence-corrected chi connectivity index (χ4v) is 6.40.